The van der Waals surface area contributed by atoms with E-state index in [1.807, 2.05) is 0 Å². The fourth-order valence-electron chi connectivity index (χ4n) is 12.9. The maximum atomic E-state index is 7.22. The first-order valence-corrected chi connectivity index (χ1v) is 27.6. The molecule has 12 aromatic rings. The third-order valence-electron chi connectivity index (χ3n) is 16.7. The molecule has 0 saturated heterocycles. The summed E-state index contributed by atoms with van der Waals surface area (Å²) in [6.07, 6.45) is 0. The third kappa shape index (κ3) is 7.76. The van der Waals surface area contributed by atoms with Crippen molar-refractivity contribution in [1.82, 2.24) is 0 Å². The molecule has 376 valence electrons. The Balaban J connectivity index is 1.19. The molecule has 0 fully saturated rings. The Labute approximate surface area is 459 Å². The number of furan rings is 1. The zero-order chi connectivity index (χ0) is 52.9. The van der Waals surface area contributed by atoms with Crippen molar-refractivity contribution < 1.29 is 4.42 Å². The van der Waals surface area contributed by atoms with Crippen LogP contribution in [0, 0.1) is 0 Å². The van der Waals surface area contributed by atoms with Crippen molar-refractivity contribution >= 4 is 39.0 Å². The van der Waals surface area contributed by atoms with Crippen LogP contribution in [0.4, 0.5) is 17.1 Å². The van der Waals surface area contributed by atoms with Gasteiger partial charge in [-0.1, -0.05) is 260 Å². The van der Waals surface area contributed by atoms with Crippen LogP contribution in [0.5, 0.6) is 0 Å². The largest absolute Gasteiger partial charge is 0.455 e. The van der Waals surface area contributed by atoms with Crippen LogP contribution in [-0.2, 0) is 10.8 Å². The fraction of sp³-hybridized carbons (Fsp3) is 0.132. The monoisotopic (exact) mass is 1000 g/mol. The summed E-state index contributed by atoms with van der Waals surface area (Å²) in [5, 5.41) is 2.21. The summed E-state index contributed by atoms with van der Waals surface area (Å²) in [5.74, 6) is -0.259. The van der Waals surface area contributed by atoms with Crippen molar-refractivity contribution in [2.75, 3.05) is 4.90 Å². The second-order valence-electron chi connectivity index (χ2n) is 23.5. The van der Waals surface area contributed by atoms with Gasteiger partial charge in [0, 0.05) is 33.7 Å². The molecule has 1 aliphatic carbocycles. The molecule has 0 amide bonds. The summed E-state index contributed by atoms with van der Waals surface area (Å²) >= 11 is 0. The van der Waals surface area contributed by atoms with E-state index in [1.165, 1.54) is 89.3 Å². The molecule has 0 N–H and O–H groups in total. The average molecular weight is 1000 g/mol. The van der Waals surface area contributed by atoms with Crippen molar-refractivity contribution in [3.8, 4) is 55.6 Å². The van der Waals surface area contributed by atoms with Crippen molar-refractivity contribution in [1.29, 1.82) is 0 Å². The Bertz CT molecular complexity index is 4200. The lowest BCUT2D eigenvalue weighted by Crippen LogP contribution is -2.31. The molecule has 2 atom stereocenters. The summed E-state index contributed by atoms with van der Waals surface area (Å²) < 4.78 is 7.22. The van der Waals surface area contributed by atoms with Crippen LogP contribution in [0.2, 0.25) is 0 Å². The molecule has 0 spiro atoms. The lowest BCUT2D eigenvalue weighted by molar-refractivity contribution is 0.586. The summed E-state index contributed by atoms with van der Waals surface area (Å²) in [6, 6.07) is 93.1. The zero-order valence-electron chi connectivity index (χ0n) is 45.2. The minimum atomic E-state index is -0.223. The normalized spacial score (nSPS) is 14.8. The van der Waals surface area contributed by atoms with Crippen molar-refractivity contribution in [3.05, 3.63) is 293 Å². The molecular weight excluding hydrogens is 943 g/mol. The van der Waals surface area contributed by atoms with Crippen molar-refractivity contribution in [2.45, 2.75) is 64.2 Å². The van der Waals surface area contributed by atoms with Crippen LogP contribution in [0.3, 0.4) is 0 Å². The van der Waals surface area contributed by atoms with Gasteiger partial charge in [0.2, 0.25) is 0 Å². The predicted molar refractivity (Wildman–Crippen MR) is 328 cm³/mol. The van der Waals surface area contributed by atoms with Crippen LogP contribution >= 0.6 is 0 Å². The van der Waals surface area contributed by atoms with Crippen LogP contribution in [0.25, 0.3) is 77.6 Å². The number of nitrogens with zero attached hydrogens (tertiary/aromatic N) is 1. The van der Waals surface area contributed by atoms with Gasteiger partial charge in [0.1, 0.15) is 11.2 Å². The number of para-hydroxylation sites is 1. The van der Waals surface area contributed by atoms with E-state index < -0.39 is 0 Å². The minimum absolute atomic E-state index is 0.105. The van der Waals surface area contributed by atoms with E-state index in [1.54, 1.807) is 0 Å². The van der Waals surface area contributed by atoms with Crippen LogP contribution in [0.1, 0.15) is 97.9 Å². The van der Waals surface area contributed by atoms with Gasteiger partial charge in [0.05, 0.1) is 17.1 Å². The zero-order valence-corrected chi connectivity index (χ0v) is 45.2. The molecule has 2 nitrogen and oxygen atoms in total. The number of hydrogen-bond donors (Lipinski definition) is 0. The highest BCUT2D eigenvalue weighted by Gasteiger charge is 2.45. The molecule has 11 aromatic carbocycles. The molecule has 0 bridgehead atoms. The first-order chi connectivity index (χ1) is 38.0. The lowest BCUT2D eigenvalue weighted by Gasteiger charge is -2.46. The van der Waals surface area contributed by atoms with E-state index >= 15 is 0 Å². The highest BCUT2D eigenvalue weighted by molar-refractivity contribution is 6.17. The van der Waals surface area contributed by atoms with Crippen molar-refractivity contribution in [2.24, 2.45) is 0 Å². The molecule has 2 unspecified atom stereocenters. The first-order valence-electron chi connectivity index (χ1n) is 27.6. The van der Waals surface area contributed by atoms with E-state index in [0.29, 0.717) is 0 Å². The van der Waals surface area contributed by atoms with Gasteiger partial charge in [-0.15, -0.1) is 0 Å². The summed E-state index contributed by atoms with van der Waals surface area (Å²) in [4.78, 5) is 2.67. The van der Waals surface area contributed by atoms with E-state index in [9.17, 15) is 0 Å². The lowest BCUT2D eigenvalue weighted by atomic mass is 9.63. The molecule has 0 radical (unpaired) electrons. The number of benzene rings is 11. The molecular formula is C76H61NO. The number of anilines is 3. The quantitative estimate of drug-likeness (QED) is 0.158. The van der Waals surface area contributed by atoms with Crippen LogP contribution < -0.4 is 4.90 Å². The third-order valence-corrected chi connectivity index (χ3v) is 16.7. The van der Waals surface area contributed by atoms with E-state index in [4.69, 9.17) is 4.42 Å². The van der Waals surface area contributed by atoms with Gasteiger partial charge in [-0.05, 0) is 130 Å². The highest BCUT2D eigenvalue weighted by atomic mass is 16.3. The van der Waals surface area contributed by atoms with Gasteiger partial charge in [-0.3, -0.25) is 0 Å². The maximum absolute atomic E-state index is 7.22. The summed E-state index contributed by atoms with van der Waals surface area (Å²) in [5.41, 5.74) is 27.2. The molecule has 2 aliphatic rings. The molecule has 1 aromatic heterocycles. The Morgan fingerprint density at radius 3 is 1.46 bits per heavy atom. The van der Waals surface area contributed by atoms with Crippen molar-refractivity contribution in [3.63, 3.8) is 0 Å². The van der Waals surface area contributed by atoms with E-state index in [0.717, 1.165) is 49.9 Å². The minimum Gasteiger partial charge on any atom is -0.455 e. The fourth-order valence-corrected chi connectivity index (χ4v) is 12.9. The van der Waals surface area contributed by atoms with Gasteiger partial charge < -0.3 is 9.32 Å². The van der Waals surface area contributed by atoms with E-state index in [-0.39, 0.29) is 22.7 Å². The van der Waals surface area contributed by atoms with Gasteiger partial charge in [0.15, 0.2) is 0 Å². The predicted octanol–water partition coefficient (Wildman–Crippen LogP) is 21.0. The van der Waals surface area contributed by atoms with Crippen LogP contribution in [0.15, 0.2) is 253 Å². The Hall–Kier alpha value is -8.98. The molecule has 78 heavy (non-hydrogen) atoms. The highest BCUT2D eigenvalue weighted by Crippen LogP contribution is 2.63. The molecule has 2 heteroatoms. The molecule has 0 saturated carbocycles. The van der Waals surface area contributed by atoms with Gasteiger partial charge in [-0.25, -0.2) is 0 Å². The van der Waals surface area contributed by atoms with Crippen LogP contribution in [-0.4, -0.2) is 0 Å². The first kappa shape index (κ1) is 47.5. The smallest absolute Gasteiger partial charge is 0.145 e. The van der Waals surface area contributed by atoms with Gasteiger partial charge >= 0.3 is 0 Å². The molecule has 1 aliphatic heterocycles. The van der Waals surface area contributed by atoms with E-state index in [2.05, 4.69) is 295 Å². The number of rotatable bonds is 7. The number of hydrogen-bond acceptors (Lipinski definition) is 2. The second-order valence-corrected chi connectivity index (χ2v) is 23.5. The Kier molecular flexibility index (Phi) is 11.2. The topological polar surface area (TPSA) is 16.4 Å². The van der Waals surface area contributed by atoms with Gasteiger partial charge in [-0.2, -0.15) is 0 Å². The SMILES string of the molecule is CC(C)(C)c1ccc2c(c1)C1c3cc(-c4ccccc4)ccc3C(c3c(-c4ccccc4)cccc3-c3ccccc3)c3cc(C(C)(C)C)cc(c31)N2c1c(-c2ccccc2)cc2c(oc3ccccc32)c1-c1ccccc1. The maximum Gasteiger partial charge on any atom is 0.145 e. The number of fused-ring (bicyclic) bond motifs is 7. The summed E-state index contributed by atoms with van der Waals surface area (Å²) in [7, 11) is 0. The standard InChI is InChI=1S/C76H61NO/c1-75(2,3)54-40-42-65-63(44-54)71-61-43-53(48-25-12-7-13-26-48)39-41-59(61)70(69-56(49-27-14-8-15-28-49)36-24-37-57(69)50-29-16-9-17-30-50)64-45-55(76(4,5)6)46-66(72(64)71)77(65)73-60(51-31-18-10-19-32-51)47-62-58-35-22-23-38-67(58)78-74(62)68(73)52-33-20-11-21-34-52/h7-47,70-71H,1-6H3. The Morgan fingerprint density at radius 2 is 0.859 bits per heavy atom. The van der Waals surface area contributed by atoms with Gasteiger partial charge in [0.25, 0.3) is 0 Å². The molecule has 2 heterocycles. The molecule has 14 rings (SSSR count). The second kappa shape index (κ2) is 18.4. The average Bonchev–Trinajstić information content (AvgIpc) is 3.41. The Morgan fingerprint density at radius 1 is 0.333 bits per heavy atom. The summed E-state index contributed by atoms with van der Waals surface area (Å²) in [6.45, 7) is 14.2.